The van der Waals surface area contributed by atoms with Gasteiger partial charge in [0, 0.05) is 37.1 Å². The highest BCUT2D eigenvalue weighted by atomic mass is 16.4. The molecule has 7 nitrogen and oxygen atoms in total. The van der Waals surface area contributed by atoms with Gasteiger partial charge >= 0.3 is 5.97 Å². The normalized spacial score (nSPS) is 17.1. The molecule has 0 bridgehead atoms. The molecule has 0 radical (unpaired) electrons. The van der Waals surface area contributed by atoms with Crippen molar-refractivity contribution in [1.82, 2.24) is 19.9 Å². The lowest BCUT2D eigenvalue weighted by Crippen LogP contribution is -2.29. The van der Waals surface area contributed by atoms with E-state index < -0.39 is 5.97 Å². The summed E-state index contributed by atoms with van der Waals surface area (Å²) < 4.78 is 0. The van der Waals surface area contributed by atoms with E-state index in [0.29, 0.717) is 23.6 Å². The molecule has 3 heterocycles. The Morgan fingerprint density at radius 1 is 1.25 bits per heavy atom. The monoisotopic (exact) mass is 326 g/mol. The van der Waals surface area contributed by atoms with E-state index in [-0.39, 0.29) is 17.5 Å². The third-order valence-corrected chi connectivity index (χ3v) is 4.11. The second-order valence-electron chi connectivity index (χ2n) is 5.89. The molecule has 0 aliphatic carbocycles. The summed E-state index contributed by atoms with van der Waals surface area (Å²) in [5, 5.41) is 9.12. The van der Waals surface area contributed by atoms with Gasteiger partial charge in [0.15, 0.2) is 5.82 Å². The summed E-state index contributed by atoms with van der Waals surface area (Å²) in [7, 11) is 0. The topological polar surface area (TPSA) is 96.3 Å². The van der Waals surface area contributed by atoms with Gasteiger partial charge in [-0.05, 0) is 31.9 Å². The zero-order valence-electron chi connectivity index (χ0n) is 13.6. The van der Waals surface area contributed by atoms with Crippen LogP contribution in [0.4, 0.5) is 0 Å². The van der Waals surface area contributed by atoms with Crippen LogP contribution in [-0.4, -0.2) is 43.4 Å². The highest BCUT2D eigenvalue weighted by molar-refractivity contribution is 5.88. The Bertz CT molecular complexity index is 806. The summed E-state index contributed by atoms with van der Waals surface area (Å²) >= 11 is 0. The van der Waals surface area contributed by atoms with E-state index in [1.165, 1.54) is 12.3 Å². The summed E-state index contributed by atoms with van der Waals surface area (Å²) in [6.07, 6.45) is 4.63. The first kappa shape index (κ1) is 16.0. The molecule has 0 saturated carbocycles. The molecule has 1 aliphatic heterocycles. The van der Waals surface area contributed by atoms with Crippen LogP contribution >= 0.6 is 0 Å². The van der Waals surface area contributed by atoms with Crippen LogP contribution in [-0.2, 0) is 4.79 Å². The maximum Gasteiger partial charge on any atom is 0.337 e. The largest absolute Gasteiger partial charge is 0.478 e. The number of likely N-dealkylation sites (tertiary alicyclic amines) is 1. The number of aromatic nitrogens is 3. The Hall–Kier alpha value is -2.83. The van der Waals surface area contributed by atoms with Gasteiger partial charge in [-0.3, -0.25) is 9.78 Å². The van der Waals surface area contributed by atoms with Crippen LogP contribution in [0.3, 0.4) is 0 Å². The Kier molecular flexibility index (Phi) is 4.24. The molecule has 124 valence electrons. The summed E-state index contributed by atoms with van der Waals surface area (Å²) in [5.41, 5.74) is 2.11. The van der Waals surface area contributed by atoms with E-state index in [1.807, 2.05) is 6.92 Å². The van der Waals surface area contributed by atoms with Crippen molar-refractivity contribution >= 4 is 11.9 Å². The molecular weight excluding hydrogens is 308 g/mol. The number of aryl methyl sites for hydroxylation is 1. The number of amides is 1. The summed E-state index contributed by atoms with van der Waals surface area (Å²) in [5.74, 6) is -0.425. The van der Waals surface area contributed by atoms with E-state index in [0.717, 1.165) is 18.5 Å². The van der Waals surface area contributed by atoms with E-state index in [1.54, 1.807) is 24.1 Å². The molecule has 1 unspecified atom stereocenters. The van der Waals surface area contributed by atoms with Crippen molar-refractivity contribution in [2.45, 2.75) is 32.7 Å². The lowest BCUT2D eigenvalue weighted by Gasteiger charge is -2.22. The van der Waals surface area contributed by atoms with Crippen LogP contribution in [0.1, 0.15) is 47.7 Å². The minimum atomic E-state index is -1.03. The Morgan fingerprint density at radius 2 is 2.04 bits per heavy atom. The predicted octanol–water partition coefficient (Wildman–Crippen LogP) is 2.23. The minimum Gasteiger partial charge on any atom is -0.478 e. The summed E-state index contributed by atoms with van der Waals surface area (Å²) in [6, 6.07) is 3.20. The van der Waals surface area contributed by atoms with E-state index in [4.69, 9.17) is 5.11 Å². The average Bonchev–Trinajstić information content (AvgIpc) is 3.04. The predicted molar refractivity (Wildman–Crippen MR) is 86.3 cm³/mol. The van der Waals surface area contributed by atoms with Crippen LogP contribution < -0.4 is 0 Å². The van der Waals surface area contributed by atoms with Gasteiger partial charge in [-0.2, -0.15) is 0 Å². The van der Waals surface area contributed by atoms with Gasteiger partial charge in [0.2, 0.25) is 5.91 Å². The molecule has 1 saturated heterocycles. The fourth-order valence-corrected chi connectivity index (χ4v) is 3.00. The lowest BCUT2D eigenvalue weighted by atomic mass is 10.1. The fraction of sp³-hybridized carbons (Fsp3) is 0.353. The second-order valence-corrected chi connectivity index (χ2v) is 5.89. The van der Waals surface area contributed by atoms with Crippen LogP contribution in [0.5, 0.6) is 0 Å². The molecule has 1 atom stereocenters. The number of carbonyl (C=O) groups excluding carboxylic acids is 1. The van der Waals surface area contributed by atoms with Crippen molar-refractivity contribution in [2.24, 2.45) is 0 Å². The Morgan fingerprint density at radius 3 is 2.75 bits per heavy atom. The van der Waals surface area contributed by atoms with Crippen molar-refractivity contribution in [3.8, 4) is 11.3 Å². The van der Waals surface area contributed by atoms with Crippen LogP contribution in [0.25, 0.3) is 11.3 Å². The zero-order valence-corrected chi connectivity index (χ0v) is 13.6. The number of carboxylic acid groups (broad SMARTS) is 1. The minimum absolute atomic E-state index is 0.0127. The molecule has 24 heavy (non-hydrogen) atoms. The number of hydrogen-bond acceptors (Lipinski definition) is 5. The molecule has 1 N–H and O–H groups in total. The van der Waals surface area contributed by atoms with Crippen LogP contribution in [0.2, 0.25) is 0 Å². The standard InChI is InChI=1S/C17H18N4O3/c1-10-6-14(12-7-13(17(23)24)9-18-8-12)20-16(19-10)15-4-3-5-21(15)11(2)22/h6-9,15H,3-5H2,1-2H3,(H,23,24). The first-order valence-electron chi connectivity index (χ1n) is 7.77. The molecule has 1 aliphatic rings. The smallest absolute Gasteiger partial charge is 0.337 e. The van der Waals surface area contributed by atoms with Gasteiger partial charge < -0.3 is 10.0 Å². The van der Waals surface area contributed by atoms with Gasteiger partial charge in [0.05, 0.1) is 17.3 Å². The molecular formula is C17H18N4O3. The fourth-order valence-electron chi connectivity index (χ4n) is 3.00. The van der Waals surface area contributed by atoms with Crippen molar-refractivity contribution in [3.05, 3.63) is 41.6 Å². The van der Waals surface area contributed by atoms with Crippen LogP contribution in [0.15, 0.2) is 24.5 Å². The van der Waals surface area contributed by atoms with Crippen molar-refractivity contribution in [1.29, 1.82) is 0 Å². The number of carbonyl (C=O) groups is 2. The van der Waals surface area contributed by atoms with Gasteiger partial charge in [-0.1, -0.05) is 0 Å². The summed E-state index contributed by atoms with van der Waals surface area (Å²) in [4.78, 5) is 37.7. The molecule has 3 rings (SSSR count). The molecule has 0 aromatic carbocycles. The maximum absolute atomic E-state index is 11.8. The molecule has 2 aromatic heterocycles. The molecule has 7 heteroatoms. The SMILES string of the molecule is CC(=O)N1CCCC1c1nc(C)cc(-c2cncc(C(=O)O)c2)n1. The molecule has 1 fully saturated rings. The quantitative estimate of drug-likeness (QED) is 0.929. The number of aromatic carboxylic acids is 1. The Labute approximate surface area is 139 Å². The molecule has 1 amide bonds. The first-order chi connectivity index (χ1) is 11.5. The number of pyridine rings is 1. The van der Waals surface area contributed by atoms with Crippen molar-refractivity contribution < 1.29 is 14.7 Å². The molecule has 2 aromatic rings. The third kappa shape index (κ3) is 3.10. The van der Waals surface area contributed by atoms with E-state index >= 15 is 0 Å². The highest BCUT2D eigenvalue weighted by Gasteiger charge is 2.30. The van der Waals surface area contributed by atoms with Crippen molar-refractivity contribution in [3.63, 3.8) is 0 Å². The maximum atomic E-state index is 11.8. The van der Waals surface area contributed by atoms with Gasteiger partial charge in [0.1, 0.15) is 0 Å². The zero-order chi connectivity index (χ0) is 17.3. The van der Waals surface area contributed by atoms with Crippen molar-refractivity contribution in [2.75, 3.05) is 6.54 Å². The highest BCUT2D eigenvalue weighted by Crippen LogP contribution is 2.31. The van der Waals surface area contributed by atoms with E-state index in [2.05, 4.69) is 15.0 Å². The van der Waals surface area contributed by atoms with Gasteiger partial charge in [-0.25, -0.2) is 14.8 Å². The number of hydrogen-bond donors (Lipinski definition) is 1. The molecule has 0 spiro atoms. The number of carboxylic acids is 1. The number of rotatable bonds is 3. The Balaban J connectivity index is 2.02. The van der Waals surface area contributed by atoms with Crippen LogP contribution in [0, 0.1) is 6.92 Å². The summed E-state index contributed by atoms with van der Waals surface area (Å²) in [6.45, 7) is 4.12. The lowest BCUT2D eigenvalue weighted by molar-refractivity contribution is -0.129. The van der Waals surface area contributed by atoms with E-state index in [9.17, 15) is 9.59 Å². The first-order valence-corrected chi connectivity index (χ1v) is 7.77. The third-order valence-electron chi connectivity index (χ3n) is 4.11. The number of nitrogens with zero attached hydrogens (tertiary/aromatic N) is 4. The van der Waals surface area contributed by atoms with Gasteiger partial charge in [0.25, 0.3) is 0 Å². The van der Waals surface area contributed by atoms with Gasteiger partial charge in [-0.15, -0.1) is 0 Å². The average molecular weight is 326 g/mol. The second kappa shape index (κ2) is 6.35.